The molecule has 1 N–H and O–H groups in total. The van der Waals surface area contributed by atoms with Gasteiger partial charge in [-0.05, 0) is 50.2 Å². The van der Waals surface area contributed by atoms with E-state index in [1.165, 1.54) is 4.90 Å². The summed E-state index contributed by atoms with van der Waals surface area (Å²) in [7, 11) is 0. The first-order chi connectivity index (χ1) is 12.5. The summed E-state index contributed by atoms with van der Waals surface area (Å²) in [6, 6.07) is 16.3. The molecule has 2 amide bonds. The molecule has 0 bridgehead atoms. The zero-order valence-electron chi connectivity index (χ0n) is 14.8. The Morgan fingerprint density at radius 2 is 1.54 bits per heavy atom. The highest BCUT2D eigenvalue weighted by molar-refractivity contribution is 6.39. The lowest BCUT2D eigenvalue weighted by atomic mass is 10.2. The Bertz CT molecular complexity index is 751. The smallest absolute Gasteiger partial charge is 0.313 e. The minimum atomic E-state index is -0.650. The first-order valence-corrected chi connectivity index (χ1v) is 8.60. The molecule has 1 aliphatic heterocycles. The van der Waals surface area contributed by atoms with Crippen molar-refractivity contribution in [3.8, 4) is 11.5 Å². The van der Waals surface area contributed by atoms with Gasteiger partial charge in [-0.3, -0.25) is 9.59 Å². The second-order valence-electron chi connectivity index (χ2n) is 6.36. The van der Waals surface area contributed by atoms with Crippen LogP contribution in [0.3, 0.4) is 0 Å². The van der Waals surface area contributed by atoms with Gasteiger partial charge in [0.2, 0.25) is 0 Å². The molecule has 3 rings (SSSR count). The fraction of sp³-hybridized carbons (Fsp3) is 0.300. The summed E-state index contributed by atoms with van der Waals surface area (Å²) in [5, 5.41) is 2.63. The molecule has 26 heavy (non-hydrogen) atoms. The molecular weight excluding hydrogens is 332 g/mol. The van der Waals surface area contributed by atoms with Gasteiger partial charge in [0.15, 0.2) is 0 Å². The van der Waals surface area contributed by atoms with Crippen LogP contribution < -0.4 is 10.1 Å². The molecule has 2 aromatic carbocycles. The van der Waals surface area contributed by atoms with Crippen molar-refractivity contribution in [1.82, 2.24) is 4.90 Å². The van der Waals surface area contributed by atoms with E-state index in [1.807, 2.05) is 44.2 Å². The number of morpholine rings is 1. The summed E-state index contributed by atoms with van der Waals surface area (Å²) >= 11 is 0. The SMILES string of the molecule is CC1CN(C(=O)C(=O)Nc2ccc(Oc3ccccc3)cc2)CC(C)O1. The minimum Gasteiger partial charge on any atom is -0.457 e. The minimum absolute atomic E-state index is 0.0788. The summed E-state index contributed by atoms with van der Waals surface area (Å²) in [5.41, 5.74) is 0.540. The van der Waals surface area contributed by atoms with Gasteiger partial charge in [-0.2, -0.15) is 0 Å². The second kappa shape index (κ2) is 8.01. The van der Waals surface area contributed by atoms with Crippen molar-refractivity contribution in [3.63, 3.8) is 0 Å². The Hall–Kier alpha value is -2.86. The molecule has 1 heterocycles. The molecule has 2 aromatic rings. The maximum absolute atomic E-state index is 12.3. The van der Waals surface area contributed by atoms with Crippen LogP contribution in [0.1, 0.15) is 13.8 Å². The van der Waals surface area contributed by atoms with Crippen molar-refractivity contribution < 1.29 is 19.1 Å². The van der Waals surface area contributed by atoms with E-state index in [0.29, 0.717) is 24.5 Å². The maximum atomic E-state index is 12.3. The van der Waals surface area contributed by atoms with E-state index in [-0.39, 0.29) is 12.2 Å². The molecule has 0 saturated carbocycles. The topological polar surface area (TPSA) is 67.9 Å². The van der Waals surface area contributed by atoms with Gasteiger partial charge in [-0.1, -0.05) is 18.2 Å². The summed E-state index contributed by atoms with van der Waals surface area (Å²) in [5.74, 6) is 0.186. The van der Waals surface area contributed by atoms with Crippen molar-refractivity contribution in [3.05, 3.63) is 54.6 Å². The molecule has 0 spiro atoms. The normalized spacial score (nSPS) is 19.7. The molecule has 0 aliphatic carbocycles. The number of anilines is 1. The first-order valence-electron chi connectivity index (χ1n) is 8.60. The molecule has 6 nitrogen and oxygen atoms in total. The van der Waals surface area contributed by atoms with Crippen molar-refractivity contribution in [2.24, 2.45) is 0 Å². The average Bonchev–Trinajstić information content (AvgIpc) is 2.63. The lowest BCUT2D eigenvalue weighted by molar-refractivity contribution is -0.151. The van der Waals surface area contributed by atoms with Gasteiger partial charge in [0.25, 0.3) is 0 Å². The van der Waals surface area contributed by atoms with Crippen LogP contribution in [0.25, 0.3) is 0 Å². The Morgan fingerprint density at radius 3 is 2.15 bits per heavy atom. The largest absolute Gasteiger partial charge is 0.457 e. The van der Waals surface area contributed by atoms with Crippen LogP contribution in [-0.2, 0) is 14.3 Å². The maximum Gasteiger partial charge on any atom is 0.313 e. The number of rotatable bonds is 3. The number of nitrogens with zero attached hydrogens (tertiary/aromatic N) is 1. The van der Waals surface area contributed by atoms with Crippen molar-refractivity contribution >= 4 is 17.5 Å². The predicted molar refractivity (Wildman–Crippen MR) is 98.2 cm³/mol. The van der Waals surface area contributed by atoms with E-state index in [4.69, 9.17) is 9.47 Å². The number of para-hydroxylation sites is 1. The zero-order valence-corrected chi connectivity index (χ0v) is 14.8. The van der Waals surface area contributed by atoms with Gasteiger partial charge < -0.3 is 19.7 Å². The lowest BCUT2D eigenvalue weighted by Gasteiger charge is -2.34. The highest BCUT2D eigenvalue weighted by atomic mass is 16.5. The van der Waals surface area contributed by atoms with Crippen LogP contribution in [0.15, 0.2) is 54.6 Å². The molecule has 0 aromatic heterocycles. The molecule has 0 radical (unpaired) electrons. The summed E-state index contributed by atoms with van der Waals surface area (Å²) in [6.07, 6.45) is -0.158. The molecule has 6 heteroatoms. The zero-order chi connectivity index (χ0) is 18.5. The first kappa shape index (κ1) is 17.9. The van der Waals surface area contributed by atoms with Gasteiger partial charge in [-0.25, -0.2) is 0 Å². The van der Waals surface area contributed by atoms with Gasteiger partial charge in [-0.15, -0.1) is 0 Å². The molecule has 1 aliphatic rings. The van der Waals surface area contributed by atoms with Crippen LogP contribution in [-0.4, -0.2) is 42.0 Å². The molecule has 1 fully saturated rings. The van der Waals surface area contributed by atoms with E-state index < -0.39 is 11.8 Å². The van der Waals surface area contributed by atoms with Gasteiger partial charge in [0, 0.05) is 18.8 Å². The van der Waals surface area contributed by atoms with Gasteiger partial charge in [0.05, 0.1) is 12.2 Å². The van der Waals surface area contributed by atoms with Crippen LogP contribution in [0.2, 0.25) is 0 Å². The van der Waals surface area contributed by atoms with E-state index in [2.05, 4.69) is 5.32 Å². The molecule has 2 unspecified atom stereocenters. The molecule has 1 saturated heterocycles. The molecule has 2 atom stereocenters. The van der Waals surface area contributed by atoms with E-state index in [0.717, 1.165) is 5.75 Å². The fourth-order valence-electron chi connectivity index (χ4n) is 2.90. The Balaban J connectivity index is 1.58. The molecule has 136 valence electrons. The second-order valence-corrected chi connectivity index (χ2v) is 6.36. The Labute approximate surface area is 152 Å². The predicted octanol–water partition coefficient (Wildman–Crippen LogP) is 3.05. The monoisotopic (exact) mass is 354 g/mol. The number of carbonyl (C=O) groups is 2. The van der Waals surface area contributed by atoms with Crippen molar-refractivity contribution in [1.29, 1.82) is 0 Å². The number of benzene rings is 2. The quantitative estimate of drug-likeness (QED) is 0.860. The fourth-order valence-corrected chi connectivity index (χ4v) is 2.90. The van der Waals surface area contributed by atoms with Crippen LogP contribution in [0.5, 0.6) is 11.5 Å². The van der Waals surface area contributed by atoms with Crippen molar-refractivity contribution in [2.75, 3.05) is 18.4 Å². The Kier molecular flexibility index (Phi) is 5.53. The number of ether oxygens (including phenoxy) is 2. The number of carbonyl (C=O) groups excluding carboxylic acids is 2. The van der Waals surface area contributed by atoms with Crippen molar-refractivity contribution in [2.45, 2.75) is 26.1 Å². The summed E-state index contributed by atoms with van der Waals surface area (Å²) in [6.45, 7) is 4.61. The highest BCUT2D eigenvalue weighted by Gasteiger charge is 2.29. The number of nitrogens with one attached hydrogen (secondary N) is 1. The van der Waals surface area contributed by atoms with Crippen LogP contribution >= 0.6 is 0 Å². The van der Waals surface area contributed by atoms with Crippen LogP contribution in [0.4, 0.5) is 5.69 Å². The average molecular weight is 354 g/mol. The number of amides is 2. The third-order valence-corrected chi connectivity index (χ3v) is 3.99. The third-order valence-electron chi connectivity index (χ3n) is 3.99. The number of hydrogen-bond donors (Lipinski definition) is 1. The third kappa shape index (κ3) is 4.61. The summed E-state index contributed by atoms with van der Waals surface area (Å²) in [4.78, 5) is 26.1. The van der Waals surface area contributed by atoms with Crippen LogP contribution in [0, 0.1) is 0 Å². The number of hydrogen-bond acceptors (Lipinski definition) is 4. The standard InChI is InChI=1S/C20H22N2O4/c1-14-12-22(13-15(2)25-14)20(24)19(23)21-16-8-10-18(11-9-16)26-17-6-4-3-5-7-17/h3-11,14-15H,12-13H2,1-2H3,(H,21,23). The van der Waals surface area contributed by atoms with E-state index in [1.54, 1.807) is 24.3 Å². The highest BCUT2D eigenvalue weighted by Crippen LogP contribution is 2.22. The van der Waals surface area contributed by atoms with E-state index in [9.17, 15) is 9.59 Å². The van der Waals surface area contributed by atoms with Gasteiger partial charge in [0.1, 0.15) is 11.5 Å². The van der Waals surface area contributed by atoms with Gasteiger partial charge >= 0.3 is 11.8 Å². The lowest BCUT2D eigenvalue weighted by Crippen LogP contribution is -2.51. The molecular formula is C20H22N2O4. The van der Waals surface area contributed by atoms with E-state index >= 15 is 0 Å². The summed E-state index contributed by atoms with van der Waals surface area (Å²) < 4.78 is 11.3. The Morgan fingerprint density at radius 1 is 0.962 bits per heavy atom.